The highest BCUT2D eigenvalue weighted by Crippen LogP contribution is 2.53. The molecule has 212 valence electrons. The summed E-state index contributed by atoms with van der Waals surface area (Å²) < 4.78 is 113. The molecular formula is C25H33F7O5. The van der Waals surface area contributed by atoms with Gasteiger partial charge in [0, 0.05) is 5.56 Å². The highest BCUT2D eigenvalue weighted by atomic mass is 19.4. The first-order valence-electron chi connectivity index (χ1n) is 11.5. The number of esters is 1. The molecule has 1 rings (SSSR count). The molecule has 0 N–H and O–H groups in total. The molecule has 37 heavy (non-hydrogen) atoms. The van der Waals surface area contributed by atoms with Crippen molar-refractivity contribution < 1.29 is 54.5 Å². The van der Waals surface area contributed by atoms with Gasteiger partial charge >= 0.3 is 30.1 Å². The molecule has 0 saturated carbocycles. The Balaban J connectivity index is 3.43. The first-order valence-corrected chi connectivity index (χ1v) is 11.5. The van der Waals surface area contributed by atoms with Crippen LogP contribution in [-0.2, 0) is 24.6 Å². The van der Waals surface area contributed by atoms with Crippen LogP contribution in [-0.4, -0.2) is 41.3 Å². The van der Waals surface area contributed by atoms with Gasteiger partial charge in [0.05, 0.1) is 0 Å². The molecule has 0 radical (unpaired) electrons. The number of halogens is 7. The molecule has 0 aliphatic heterocycles. The van der Waals surface area contributed by atoms with Crippen molar-refractivity contribution in [3.63, 3.8) is 0 Å². The lowest BCUT2D eigenvalue weighted by atomic mass is 9.84. The van der Waals surface area contributed by atoms with Crippen LogP contribution in [0.2, 0.25) is 0 Å². The summed E-state index contributed by atoms with van der Waals surface area (Å²) in [6.45, 7) is 11.3. The summed E-state index contributed by atoms with van der Waals surface area (Å²) in [5.41, 5.74) is -11.1. The fraction of sp³-hybridized carbons (Fsp3) is 0.680. The molecular weight excluding hydrogens is 513 g/mol. The fourth-order valence-corrected chi connectivity index (χ4v) is 3.45. The van der Waals surface area contributed by atoms with Crippen LogP contribution in [0.25, 0.3) is 0 Å². The van der Waals surface area contributed by atoms with Crippen molar-refractivity contribution in [2.24, 2.45) is 0 Å². The zero-order chi connectivity index (χ0) is 29.3. The van der Waals surface area contributed by atoms with Crippen molar-refractivity contribution in [3.05, 3.63) is 35.4 Å². The van der Waals surface area contributed by atoms with Gasteiger partial charge in [-0.15, -0.1) is 0 Å². The summed E-state index contributed by atoms with van der Waals surface area (Å²) in [5.74, 6) is -1.92. The Kier molecular flexibility index (Phi) is 9.38. The Morgan fingerprint density at radius 1 is 0.757 bits per heavy atom. The molecule has 2 atom stereocenters. The van der Waals surface area contributed by atoms with Crippen LogP contribution in [0.1, 0.15) is 85.3 Å². The summed E-state index contributed by atoms with van der Waals surface area (Å²) in [4.78, 5) is 24.3. The van der Waals surface area contributed by atoms with E-state index in [9.17, 15) is 35.9 Å². The monoisotopic (exact) mass is 546 g/mol. The van der Waals surface area contributed by atoms with Gasteiger partial charge in [0.1, 0.15) is 11.2 Å². The van der Waals surface area contributed by atoms with Crippen LogP contribution in [0.4, 0.5) is 35.5 Å². The van der Waals surface area contributed by atoms with Gasteiger partial charge in [0.2, 0.25) is 5.67 Å². The van der Waals surface area contributed by atoms with Crippen LogP contribution in [0.5, 0.6) is 0 Å². The molecule has 0 aromatic heterocycles. The molecule has 0 heterocycles. The maximum Gasteiger partial charge on any atom is 0.510 e. The zero-order valence-electron chi connectivity index (χ0n) is 22.0. The van der Waals surface area contributed by atoms with Gasteiger partial charge in [-0.05, 0) is 65.9 Å². The van der Waals surface area contributed by atoms with Gasteiger partial charge in [0.25, 0.3) is 0 Å². The van der Waals surface area contributed by atoms with Crippen molar-refractivity contribution >= 4 is 12.1 Å². The molecule has 0 aliphatic carbocycles. The Morgan fingerprint density at radius 2 is 1.19 bits per heavy atom. The van der Waals surface area contributed by atoms with Crippen molar-refractivity contribution in [2.75, 3.05) is 0 Å². The number of hydrogen-bond donors (Lipinski definition) is 0. The van der Waals surface area contributed by atoms with Crippen LogP contribution < -0.4 is 0 Å². The van der Waals surface area contributed by atoms with Gasteiger partial charge < -0.3 is 14.2 Å². The van der Waals surface area contributed by atoms with Gasteiger partial charge in [-0.3, -0.25) is 0 Å². The van der Waals surface area contributed by atoms with Crippen molar-refractivity contribution in [1.82, 2.24) is 0 Å². The number of alkyl halides is 7. The number of benzene rings is 1. The van der Waals surface area contributed by atoms with E-state index in [1.54, 1.807) is 20.8 Å². The zero-order valence-corrected chi connectivity index (χ0v) is 22.0. The van der Waals surface area contributed by atoms with Gasteiger partial charge in [-0.1, -0.05) is 38.1 Å². The number of hydrogen-bond acceptors (Lipinski definition) is 5. The maximum absolute atomic E-state index is 15.4. The largest absolute Gasteiger partial charge is 0.510 e. The molecule has 1 aromatic carbocycles. The average molecular weight is 547 g/mol. The third-order valence-corrected chi connectivity index (χ3v) is 5.27. The molecule has 0 fully saturated rings. The second kappa shape index (κ2) is 10.7. The lowest BCUT2D eigenvalue weighted by Crippen LogP contribution is -2.57. The number of carbonyl (C=O) groups excluding carboxylic acids is 2. The second-order valence-corrected chi connectivity index (χ2v) is 10.8. The van der Waals surface area contributed by atoms with E-state index in [0.29, 0.717) is 12.1 Å². The topological polar surface area (TPSA) is 61.8 Å². The van der Waals surface area contributed by atoms with Crippen LogP contribution in [0, 0.1) is 0 Å². The van der Waals surface area contributed by atoms with Crippen molar-refractivity contribution in [2.45, 2.75) is 109 Å². The smallest absolute Gasteiger partial charge is 0.458 e. The Morgan fingerprint density at radius 3 is 1.54 bits per heavy atom. The maximum atomic E-state index is 15.4. The van der Waals surface area contributed by atoms with Crippen LogP contribution in [0.3, 0.4) is 0 Å². The van der Waals surface area contributed by atoms with Gasteiger partial charge in [-0.2, -0.15) is 26.3 Å². The Hall–Kier alpha value is -2.53. The van der Waals surface area contributed by atoms with Crippen molar-refractivity contribution in [3.8, 4) is 0 Å². The molecule has 0 spiro atoms. The average Bonchev–Trinajstić information content (AvgIpc) is 2.67. The van der Waals surface area contributed by atoms with E-state index < -0.39 is 64.9 Å². The van der Waals surface area contributed by atoms with Crippen LogP contribution in [0.15, 0.2) is 24.3 Å². The van der Waals surface area contributed by atoms with E-state index in [2.05, 4.69) is 9.47 Å². The summed E-state index contributed by atoms with van der Waals surface area (Å²) in [7, 11) is 0. The summed E-state index contributed by atoms with van der Waals surface area (Å²) >= 11 is 0. The number of carbonyl (C=O) groups is 2. The third-order valence-electron chi connectivity index (χ3n) is 5.27. The van der Waals surface area contributed by atoms with E-state index in [4.69, 9.17) is 4.74 Å². The summed E-state index contributed by atoms with van der Waals surface area (Å²) in [6.07, 6.45) is -15.1. The number of ether oxygens (including phenoxy) is 3. The normalized spacial score (nSPS) is 16.0. The van der Waals surface area contributed by atoms with E-state index in [0.717, 1.165) is 12.1 Å². The molecule has 1 aromatic rings. The molecule has 5 nitrogen and oxygen atoms in total. The van der Waals surface area contributed by atoms with Gasteiger partial charge in [-0.25, -0.2) is 14.0 Å². The minimum Gasteiger partial charge on any atom is -0.458 e. The first kappa shape index (κ1) is 32.5. The Labute approximate surface area is 211 Å². The molecule has 0 aliphatic rings. The predicted octanol–water partition coefficient (Wildman–Crippen LogP) is 7.91. The minimum atomic E-state index is -6.11. The Bertz CT molecular complexity index is 927. The SMILES string of the molecule is CCC(F)(CC(C)c1ccc(C(OC(=O)OC(C)(C)C)(C(F)(F)F)C(F)(F)F)cc1)C(=O)OC(C)(C)C. The first-order chi connectivity index (χ1) is 16.4. The summed E-state index contributed by atoms with van der Waals surface area (Å²) in [6, 6.07) is 2.85. The number of rotatable bonds is 7. The summed E-state index contributed by atoms with van der Waals surface area (Å²) in [5, 5.41) is 0. The third kappa shape index (κ3) is 7.98. The second-order valence-electron chi connectivity index (χ2n) is 10.8. The van der Waals surface area contributed by atoms with E-state index in [1.165, 1.54) is 34.6 Å². The van der Waals surface area contributed by atoms with E-state index in [1.807, 2.05) is 0 Å². The molecule has 0 amide bonds. The molecule has 12 heteroatoms. The lowest BCUT2D eigenvalue weighted by Gasteiger charge is -2.37. The van der Waals surface area contributed by atoms with Crippen molar-refractivity contribution in [1.29, 1.82) is 0 Å². The molecule has 0 saturated heterocycles. The molecule has 0 bridgehead atoms. The highest BCUT2D eigenvalue weighted by Gasteiger charge is 2.75. The van der Waals surface area contributed by atoms with E-state index >= 15 is 4.39 Å². The predicted molar refractivity (Wildman–Crippen MR) is 121 cm³/mol. The standard InChI is InChI=1S/C25H33F7O5/c1-9-22(26,18(33)35-20(3,4)5)14-15(2)16-10-12-17(13-11-16)23(24(27,28)29,25(30,31)32)37-19(34)36-21(6,7)8/h10-13,15H,9,14H2,1-8H3. The lowest BCUT2D eigenvalue weighted by molar-refractivity contribution is -0.377. The fourth-order valence-electron chi connectivity index (χ4n) is 3.45. The molecule has 2 unspecified atom stereocenters. The minimum absolute atomic E-state index is 0.151. The highest BCUT2D eigenvalue weighted by molar-refractivity contribution is 5.79. The van der Waals surface area contributed by atoms with Crippen LogP contribution >= 0.6 is 0 Å². The van der Waals surface area contributed by atoms with E-state index in [-0.39, 0.29) is 12.0 Å². The quantitative estimate of drug-likeness (QED) is 0.257. The van der Waals surface area contributed by atoms with Gasteiger partial charge in [0.15, 0.2) is 0 Å².